The van der Waals surface area contributed by atoms with Crippen molar-refractivity contribution in [3.05, 3.63) is 72.3 Å². The zero-order valence-corrected chi connectivity index (χ0v) is 19.9. The van der Waals surface area contributed by atoms with Crippen LogP contribution >= 0.6 is 0 Å². The first-order valence-corrected chi connectivity index (χ1v) is 12.7. The second-order valence-electron chi connectivity index (χ2n) is 9.77. The summed E-state index contributed by atoms with van der Waals surface area (Å²) >= 11 is 0. The van der Waals surface area contributed by atoms with Gasteiger partial charge in [0.2, 0.25) is 0 Å². The van der Waals surface area contributed by atoms with Crippen molar-refractivity contribution < 1.29 is 9.16 Å². The van der Waals surface area contributed by atoms with Gasteiger partial charge in [-0.15, -0.1) is 0 Å². The molecule has 2 aromatic rings. The molecule has 1 aliphatic heterocycles. The fraction of sp³-hybridized carbons (Fsp3) is 0.462. The Labute approximate surface area is 178 Å². The van der Waals surface area contributed by atoms with Gasteiger partial charge in [-0.3, -0.25) is 0 Å². The van der Waals surface area contributed by atoms with Crippen LogP contribution in [-0.4, -0.2) is 26.6 Å². The van der Waals surface area contributed by atoms with Crippen LogP contribution in [0.1, 0.15) is 54.4 Å². The minimum absolute atomic E-state index is 0.0172. The Hall–Kier alpha value is -1.68. The summed E-state index contributed by atoms with van der Waals surface area (Å²) < 4.78 is 12.7. The zero-order chi connectivity index (χ0) is 21.1. The molecule has 2 nitrogen and oxygen atoms in total. The van der Waals surface area contributed by atoms with E-state index in [1.165, 1.54) is 15.9 Å². The molecule has 0 unspecified atom stereocenters. The van der Waals surface area contributed by atoms with Crippen LogP contribution in [0, 0.1) is 0 Å². The monoisotopic (exact) mass is 408 g/mol. The van der Waals surface area contributed by atoms with Crippen molar-refractivity contribution in [2.24, 2.45) is 0 Å². The van der Waals surface area contributed by atoms with Crippen molar-refractivity contribution in [3.63, 3.8) is 0 Å². The van der Waals surface area contributed by atoms with Gasteiger partial charge in [0.15, 0.2) is 0 Å². The molecule has 1 aliphatic rings. The van der Waals surface area contributed by atoms with E-state index >= 15 is 0 Å². The normalized spacial score (nSPS) is 19.2. The third kappa shape index (κ3) is 4.91. The highest BCUT2D eigenvalue weighted by molar-refractivity contribution is 6.99. The SMILES string of the molecule is C/C(=C/CO[Si](c1ccccc1)(c1ccccc1)C(C)(C)C)CC[C@H]1OC1(C)C. The molecule has 156 valence electrons. The third-order valence-electron chi connectivity index (χ3n) is 6.11. The molecule has 0 aliphatic carbocycles. The van der Waals surface area contributed by atoms with E-state index in [1.54, 1.807) is 0 Å². The number of rotatable bonds is 8. The molecule has 2 aromatic carbocycles. The number of hydrogen-bond donors (Lipinski definition) is 0. The summed E-state index contributed by atoms with van der Waals surface area (Å²) in [5.74, 6) is 0. The van der Waals surface area contributed by atoms with Crippen molar-refractivity contribution in [2.75, 3.05) is 6.61 Å². The van der Waals surface area contributed by atoms with Crippen molar-refractivity contribution >= 4 is 18.7 Å². The lowest BCUT2D eigenvalue weighted by molar-refractivity contribution is 0.319. The Kier molecular flexibility index (Phi) is 6.52. The van der Waals surface area contributed by atoms with Crippen LogP contribution in [0.15, 0.2) is 72.3 Å². The number of hydrogen-bond acceptors (Lipinski definition) is 2. The van der Waals surface area contributed by atoms with Gasteiger partial charge in [-0.2, -0.15) is 0 Å². The van der Waals surface area contributed by atoms with Crippen LogP contribution in [0.5, 0.6) is 0 Å². The highest BCUT2D eigenvalue weighted by atomic mass is 28.4. The van der Waals surface area contributed by atoms with Crippen molar-refractivity contribution in [2.45, 2.75) is 71.1 Å². The van der Waals surface area contributed by atoms with Gasteiger partial charge >= 0.3 is 0 Å². The van der Waals surface area contributed by atoms with Gasteiger partial charge < -0.3 is 9.16 Å². The first-order valence-electron chi connectivity index (χ1n) is 10.8. The fourth-order valence-corrected chi connectivity index (χ4v) is 8.76. The Bertz CT molecular complexity index is 779. The summed E-state index contributed by atoms with van der Waals surface area (Å²) in [6.07, 6.45) is 4.84. The van der Waals surface area contributed by atoms with Gasteiger partial charge in [0.25, 0.3) is 8.32 Å². The molecule has 3 rings (SSSR count). The molecule has 29 heavy (non-hydrogen) atoms. The molecule has 0 spiro atoms. The van der Waals surface area contributed by atoms with Crippen molar-refractivity contribution in [1.29, 1.82) is 0 Å². The van der Waals surface area contributed by atoms with Gasteiger partial charge in [0.05, 0.1) is 18.3 Å². The van der Waals surface area contributed by atoms with E-state index in [1.807, 2.05) is 0 Å². The highest BCUT2D eigenvalue weighted by Crippen LogP contribution is 2.39. The Morgan fingerprint density at radius 2 is 1.48 bits per heavy atom. The number of epoxide rings is 1. The van der Waals surface area contributed by atoms with Gasteiger partial charge in [0.1, 0.15) is 0 Å². The topological polar surface area (TPSA) is 21.8 Å². The number of benzene rings is 2. The van der Waals surface area contributed by atoms with Crippen LogP contribution in [0.25, 0.3) is 0 Å². The van der Waals surface area contributed by atoms with E-state index < -0.39 is 8.32 Å². The molecule has 0 radical (unpaired) electrons. The molecule has 0 saturated carbocycles. The predicted molar refractivity (Wildman–Crippen MR) is 126 cm³/mol. The Morgan fingerprint density at radius 1 is 1.00 bits per heavy atom. The third-order valence-corrected chi connectivity index (χ3v) is 11.1. The molecule has 0 bridgehead atoms. The largest absolute Gasteiger partial charge is 0.404 e. The summed E-state index contributed by atoms with van der Waals surface area (Å²) in [6, 6.07) is 21.7. The quantitative estimate of drug-likeness (QED) is 0.328. The fourth-order valence-electron chi connectivity index (χ4n) is 4.27. The summed E-state index contributed by atoms with van der Waals surface area (Å²) in [6.45, 7) is 14.2. The second kappa shape index (κ2) is 8.59. The van der Waals surface area contributed by atoms with E-state index in [2.05, 4.69) is 108 Å². The van der Waals surface area contributed by atoms with Crippen LogP contribution in [-0.2, 0) is 9.16 Å². The average Bonchev–Trinajstić information content (AvgIpc) is 3.30. The predicted octanol–water partition coefficient (Wildman–Crippen LogP) is 5.47. The maximum absolute atomic E-state index is 6.93. The summed E-state index contributed by atoms with van der Waals surface area (Å²) in [7, 11) is -2.44. The Morgan fingerprint density at radius 3 is 1.90 bits per heavy atom. The van der Waals surface area contributed by atoms with Gasteiger partial charge in [0, 0.05) is 0 Å². The first-order chi connectivity index (χ1) is 13.7. The molecular weight excluding hydrogens is 372 g/mol. The lowest BCUT2D eigenvalue weighted by Crippen LogP contribution is -2.66. The molecule has 3 heteroatoms. The maximum Gasteiger partial charge on any atom is 0.261 e. The maximum atomic E-state index is 6.93. The standard InChI is InChI=1S/C26H36O2Si/c1-21(17-18-24-26(5,6)28-24)19-20-27-29(25(2,3)4,22-13-9-7-10-14-22)23-15-11-8-12-16-23/h7-16,19,24H,17-18,20H2,1-6H3/b21-19-/t24-/m1/s1. The molecule has 0 N–H and O–H groups in total. The first kappa shape index (κ1) is 22.0. The van der Waals surface area contributed by atoms with Gasteiger partial charge in [-0.05, 0) is 49.0 Å². The lowest BCUT2D eigenvalue weighted by atomic mass is 10.0. The summed E-state index contributed by atoms with van der Waals surface area (Å²) in [4.78, 5) is 0. The number of ether oxygens (including phenoxy) is 1. The van der Waals surface area contributed by atoms with Crippen molar-refractivity contribution in [3.8, 4) is 0 Å². The molecule has 1 heterocycles. The summed E-state index contributed by atoms with van der Waals surface area (Å²) in [5, 5.41) is 2.68. The second-order valence-corrected chi connectivity index (χ2v) is 14.1. The number of allylic oxidation sites excluding steroid dienone is 1. The van der Waals surface area contributed by atoms with E-state index in [9.17, 15) is 0 Å². The minimum atomic E-state index is -2.44. The Balaban J connectivity index is 1.83. The molecule has 1 saturated heterocycles. The van der Waals surface area contributed by atoms with Gasteiger partial charge in [-0.1, -0.05) is 93.1 Å². The van der Waals surface area contributed by atoms with Crippen LogP contribution < -0.4 is 10.4 Å². The van der Waals surface area contributed by atoms with E-state index in [0.717, 1.165) is 12.8 Å². The van der Waals surface area contributed by atoms with Crippen LogP contribution in [0.2, 0.25) is 5.04 Å². The molecule has 0 amide bonds. The summed E-state index contributed by atoms with van der Waals surface area (Å²) in [5.41, 5.74) is 1.46. The molecule has 1 atom stereocenters. The van der Waals surface area contributed by atoms with Gasteiger partial charge in [-0.25, -0.2) is 0 Å². The van der Waals surface area contributed by atoms with Crippen LogP contribution in [0.4, 0.5) is 0 Å². The lowest BCUT2D eigenvalue weighted by Gasteiger charge is -2.42. The van der Waals surface area contributed by atoms with E-state index in [0.29, 0.717) is 12.7 Å². The molecular formula is C26H36O2Si. The average molecular weight is 409 g/mol. The zero-order valence-electron chi connectivity index (χ0n) is 18.9. The molecule has 0 aromatic heterocycles. The van der Waals surface area contributed by atoms with E-state index in [4.69, 9.17) is 9.16 Å². The van der Waals surface area contributed by atoms with Crippen LogP contribution in [0.3, 0.4) is 0 Å². The molecule has 1 fully saturated rings. The minimum Gasteiger partial charge on any atom is -0.404 e. The van der Waals surface area contributed by atoms with E-state index in [-0.39, 0.29) is 10.6 Å². The highest BCUT2D eigenvalue weighted by Gasteiger charge is 2.50. The van der Waals surface area contributed by atoms with Crippen molar-refractivity contribution in [1.82, 2.24) is 0 Å². The smallest absolute Gasteiger partial charge is 0.261 e.